The van der Waals surface area contributed by atoms with E-state index in [1.807, 2.05) is 84.9 Å². The van der Waals surface area contributed by atoms with Crippen molar-refractivity contribution in [3.8, 4) is 28.6 Å². The molecular formula is C32H31N3O3. The van der Waals surface area contributed by atoms with Gasteiger partial charge in [0.15, 0.2) is 0 Å². The number of hydrogen-bond donors (Lipinski definition) is 0. The zero-order chi connectivity index (χ0) is 26.2. The van der Waals surface area contributed by atoms with Gasteiger partial charge >= 0.3 is 5.69 Å². The molecule has 0 spiro atoms. The molecule has 0 saturated carbocycles. The molecule has 4 aromatic carbocycles. The predicted molar refractivity (Wildman–Crippen MR) is 151 cm³/mol. The van der Waals surface area contributed by atoms with Crippen LogP contribution in [0, 0.1) is 0 Å². The van der Waals surface area contributed by atoms with Gasteiger partial charge in [-0.05, 0) is 79.7 Å². The Kier molecular flexibility index (Phi) is 8.01. The Balaban J connectivity index is 1.15. The summed E-state index contributed by atoms with van der Waals surface area (Å²) >= 11 is 0. The minimum Gasteiger partial charge on any atom is -0.492 e. The van der Waals surface area contributed by atoms with E-state index in [4.69, 9.17) is 9.47 Å². The molecule has 192 valence electrons. The van der Waals surface area contributed by atoms with E-state index in [0.29, 0.717) is 12.4 Å². The lowest BCUT2D eigenvalue weighted by Gasteiger charge is -2.17. The molecule has 38 heavy (non-hydrogen) atoms. The average Bonchev–Trinajstić information content (AvgIpc) is 3.35. The third-order valence-corrected chi connectivity index (χ3v) is 6.35. The van der Waals surface area contributed by atoms with Gasteiger partial charge < -0.3 is 14.4 Å². The first kappa shape index (κ1) is 25.1. The molecule has 5 rings (SSSR count). The summed E-state index contributed by atoms with van der Waals surface area (Å²) in [7, 11) is 2.11. The number of imidazole rings is 1. The summed E-state index contributed by atoms with van der Waals surface area (Å²) in [4.78, 5) is 15.4. The van der Waals surface area contributed by atoms with E-state index in [1.165, 1.54) is 5.56 Å². The van der Waals surface area contributed by atoms with E-state index in [9.17, 15) is 4.79 Å². The molecule has 5 aromatic rings. The van der Waals surface area contributed by atoms with Gasteiger partial charge in [0, 0.05) is 25.5 Å². The number of benzene rings is 4. The topological polar surface area (TPSA) is 48.6 Å². The molecule has 0 aliphatic carbocycles. The van der Waals surface area contributed by atoms with Crippen molar-refractivity contribution in [1.29, 1.82) is 0 Å². The van der Waals surface area contributed by atoms with Gasteiger partial charge in [-0.25, -0.2) is 4.79 Å². The van der Waals surface area contributed by atoms with E-state index < -0.39 is 0 Å². The van der Waals surface area contributed by atoms with Crippen LogP contribution in [-0.2, 0) is 6.42 Å². The summed E-state index contributed by atoms with van der Waals surface area (Å²) in [5.41, 5.74) is 2.75. The third kappa shape index (κ3) is 6.41. The van der Waals surface area contributed by atoms with Crippen molar-refractivity contribution >= 4 is 0 Å². The molecule has 6 heteroatoms. The monoisotopic (exact) mass is 505 g/mol. The van der Waals surface area contributed by atoms with Crippen molar-refractivity contribution < 1.29 is 9.47 Å². The van der Waals surface area contributed by atoms with Crippen LogP contribution in [0.1, 0.15) is 5.56 Å². The minimum atomic E-state index is -0.143. The molecular weight excluding hydrogens is 474 g/mol. The van der Waals surface area contributed by atoms with E-state index in [-0.39, 0.29) is 5.69 Å². The molecule has 0 unspecified atom stereocenters. The zero-order valence-electron chi connectivity index (χ0n) is 21.4. The molecule has 0 amide bonds. The van der Waals surface area contributed by atoms with Crippen LogP contribution in [0.5, 0.6) is 17.2 Å². The minimum absolute atomic E-state index is 0.143. The standard InChI is InChI=1S/C32H31N3O3/c1-33(21-20-26-8-4-2-5-9-26)24-25-37-29-16-12-27(13-17-29)34-22-23-35(32(34)36)28-14-18-31(19-15-28)38-30-10-6-3-7-11-30/h2-19,22-23H,20-21,24-25H2,1H3. The molecule has 0 N–H and O–H groups in total. The molecule has 0 radical (unpaired) electrons. The normalized spacial score (nSPS) is 11.0. The molecule has 1 aromatic heterocycles. The number of aromatic nitrogens is 2. The summed E-state index contributed by atoms with van der Waals surface area (Å²) in [5.74, 6) is 2.27. The molecule has 1 heterocycles. The maximum atomic E-state index is 13.1. The maximum Gasteiger partial charge on any atom is 0.337 e. The van der Waals surface area contributed by atoms with Crippen LogP contribution >= 0.6 is 0 Å². The first-order valence-corrected chi connectivity index (χ1v) is 12.7. The van der Waals surface area contributed by atoms with Crippen molar-refractivity contribution in [1.82, 2.24) is 14.0 Å². The summed E-state index contributed by atoms with van der Waals surface area (Å²) in [6.45, 7) is 2.42. The second-order valence-corrected chi connectivity index (χ2v) is 9.11. The zero-order valence-corrected chi connectivity index (χ0v) is 21.4. The number of rotatable bonds is 11. The van der Waals surface area contributed by atoms with Crippen LogP contribution < -0.4 is 15.2 Å². The van der Waals surface area contributed by atoms with Crippen molar-refractivity contribution in [3.05, 3.63) is 138 Å². The number of nitrogens with zero attached hydrogens (tertiary/aromatic N) is 3. The van der Waals surface area contributed by atoms with Crippen molar-refractivity contribution in [2.45, 2.75) is 6.42 Å². The summed E-state index contributed by atoms with van der Waals surface area (Å²) in [6, 6.07) is 35.2. The Morgan fingerprint density at radius 2 is 1.16 bits per heavy atom. The summed E-state index contributed by atoms with van der Waals surface area (Å²) < 4.78 is 15.0. The third-order valence-electron chi connectivity index (χ3n) is 6.35. The van der Waals surface area contributed by atoms with Gasteiger partial charge in [0.1, 0.15) is 23.9 Å². The van der Waals surface area contributed by atoms with Gasteiger partial charge in [0.25, 0.3) is 0 Å². The Morgan fingerprint density at radius 1 is 0.632 bits per heavy atom. The van der Waals surface area contributed by atoms with Crippen LogP contribution in [0.2, 0.25) is 0 Å². The number of hydrogen-bond acceptors (Lipinski definition) is 4. The van der Waals surface area contributed by atoms with Crippen LogP contribution in [0.15, 0.2) is 126 Å². The highest BCUT2D eigenvalue weighted by Gasteiger charge is 2.08. The first-order chi connectivity index (χ1) is 18.7. The highest BCUT2D eigenvalue weighted by Crippen LogP contribution is 2.22. The van der Waals surface area contributed by atoms with E-state index in [0.717, 1.165) is 42.4 Å². The van der Waals surface area contributed by atoms with Crippen molar-refractivity contribution in [3.63, 3.8) is 0 Å². The molecule has 0 aliphatic rings. The van der Waals surface area contributed by atoms with Gasteiger partial charge in [0.05, 0.1) is 11.4 Å². The lowest BCUT2D eigenvalue weighted by atomic mass is 10.1. The lowest BCUT2D eigenvalue weighted by Crippen LogP contribution is -2.26. The highest BCUT2D eigenvalue weighted by atomic mass is 16.5. The number of para-hydroxylation sites is 1. The molecule has 0 aliphatic heterocycles. The van der Waals surface area contributed by atoms with E-state index in [1.54, 1.807) is 21.5 Å². The van der Waals surface area contributed by atoms with Gasteiger partial charge in [-0.15, -0.1) is 0 Å². The smallest absolute Gasteiger partial charge is 0.337 e. The largest absolute Gasteiger partial charge is 0.492 e. The Hall–Kier alpha value is -4.55. The molecule has 0 fully saturated rings. The fourth-order valence-electron chi connectivity index (χ4n) is 4.17. The van der Waals surface area contributed by atoms with Crippen LogP contribution in [0.3, 0.4) is 0 Å². The fourth-order valence-corrected chi connectivity index (χ4v) is 4.17. The van der Waals surface area contributed by atoms with Gasteiger partial charge in [-0.2, -0.15) is 0 Å². The van der Waals surface area contributed by atoms with Gasteiger partial charge in [-0.1, -0.05) is 48.5 Å². The maximum absolute atomic E-state index is 13.1. The first-order valence-electron chi connectivity index (χ1n) is 12.7. The Morgan fingerprint density at radius 3 is 1.76 bits per heavy atom. The summed E-state index contributed by atoms with van der Waals surface area (Å²) in [6.07, 6.45) is 4.56. The Bertz CT molecular complexity index is 1480. The van der Waals surface area contributed by atoms with Gasteiger partial charge in [0.2, 0.25) is 0 Å². The SMILES string of the molecule is CN(CCOc1ccc(-n2ccn(-c3ccc(Oc4ccccc4)cc3)c2=O)cc1)CCc1ccccc1. The molecule has 0 saturated heterocycles. The predicted octanol–water partition coefficient (Wildman–Crippen LogP) is 5.97. The van der Waals surface area contributed by atoms with Crippen molar-refractivity contribution in [2.24, 2.45) is 0 Å². The van der Waals surface area contributed by atoms with Crippen molar-refractivity contribution in [2.75, 3.05) is 26.7 Å². The van der Waals surface area contributed by atoms with Gasteiger partial charge in [-0.3, -0.25) is 9.13 Å². The second kappa shape index (κ2) is 12.1. The number of ether oxygens (including phenoxy) is 2. The summed E-state index contributed by atoms with van der Waals surface area (Å²) in [5, 5.41) is 0. The Labute approximate surface area is 222 Å². The second-order valence-electron chi connectivity index (χ2n) is 9.11. The average molecular weight is 506 g/mol. The molecule has 6 nitrogen and oxygen atoms in total. The van der Waals surface area contributed by atoms with E-state index >= 15 is 0 Å². The lowest BCUT2D eigenvalue weighted by molar-refractivity contribution is 0.239. The van der Waals surface area contributed by atoms with Crippen LogP contribution in [0.25, 0.3) is 11.4 Å². The fraction of sp³-hybridized carbons (Fsp3) is 0.156. The number of likely N-dealkylation sites (N-methyl/N-ethyl adjacent to an activating group) is 1. The highest BCUT2D eigenvalue weighted by molar-refractivity contribution is 5.41. The van der Waals surface area contributed by atoms with E-state index in [2.05, 4.69) is 36.2 Å². The quantitative estimate of drug-likeness (QED) is 0.222. The van der Waals surface area contributed by atoms with Crippen LogP contribution in [-0.4, -0.2) is 40.8 Å². The molecule has 0 bridgehead atoms. The van der Waals surface area contributed by atoms with Crippen LogP contribution in [0.4, 0.5) is 0 Å². The molecule has 0 atom stereocenters.